The van der Waals surface area contributed by atoms with E-state index in [1.54, 1.807) is 6.07 Å². The van der Waals surface area contributed by atoms with E-state index in [2.05, 4.69) is 27.3 Å². The first-order valence-electron chi connectivity index (χ1n) is 9.93. The van der Waals surface area contributed by atoms with Gasteiger partial charge in [-0.25, -0.2) is 4.39 Å². The highest BCUT2D eigenvalue weighted by atomic mass is 19.1. The zero-order chi connectivity index (χ0) is 20.4. The molecule has 0 bridgehead atoms. The van der Waals surface area contributed by atoms with Crippen molar-refractivity contribution >= 4 is 22.4 Å². The van der Waals surface area contributed by atoms with E-state index in [0.29, 0.717) is 22.8 Å². The number of benzene rings is 1. The number of hydrogen-bond acceptors (Lipinski definition) is 6. The van der Waals surface area contributed by atoms with Crippen LogP contribution in [0, 0.1) is 11.7 Å². The molecule has 2 aromatic heterocycles. The van der Waals surface area contributed by atoms with Crippen LogP contribution in [0.5, 0.6) is 0 Å². The second-order valence-corrected chi connectivity index (χ2v) is 7.73. The number of nitrogens with one attached hydrogen (secondary N) is 1. The number of aromatic nitrogens is 3. The van der Waals surface area contributed by atoms with Gasteiger partial charge >= 0.3 is 0 Å². The number of halogens is 1. The third-order valence-corrected chi connectivity index (χ3v) is 5.69. The lowest BCUT2D eigenvalue weighted by molar-refractivity contribution is -0.0419. The Balaban J connectivity index is 1.60. The fourth-order valence-electron chi connectivity index (χ4n) is 3.93. The maximum atomic E-state index is 13.9. The minimum atomic E-state index is -1.64. The van der Waals surface area contributed by atoms with Gasteiger partial charge in [0, 0.05) is 23.7 Å². The van der Waals surface area contributed by atoms with E-state index in [1.165, 1.54) is 43.4 Å². The molecule has 3 heterocycles. The van der Waals surface area contributed by atoms with Gasteiger partial charge in [-0.15, -0.1) is 0 Å². The number of nitrogens with zero attached hydrogens (tertiary/aromatic N) is 4. The lowest BCUT2D eigenvalue weighted by atomic mass is 9.94. The van der Waals surface area contributed by atoms with Gasteiger partial charge in [-0.05, 0) is 69.6 Å². The van der Waals surface area contributed by atoms with E-state index in [4.69, 9.17) is 0 Å². The number of rotatable bonds is 6. The lowest BCUT2D eigenvalue weighted by Crippen LogP contribution is -2.30. The van der Waals surface area contributed by atoms with Crippen LogP contribution in [0.15, 0.2) is 36.7 Å². The Morgan fingerprint density at radius 3 is 2.79 bits per heavy atom. The normalized spacial score (nSPS) is 16.0. The molecule has 1 aromatic carbocycles. The summed E-state index contributed by atoms with van der Waals surface area (Å²) in [5.41, 5.74) is 1.55. The molecule has 0 amide bonds. The summed E-state index contributed by atoms with van der Waals surface area (Å²) in [4.78, 5) is 6.39. The SMILES string of the molecule is CN1CCC(CCn2nc(Nc3cnccc3C(O)O)c3cc(F)ccc32)CC1. The topological polar surface area (TPSA) is 86.4 Å². The number of aryl methyl sites for hydroxylation is 1. The highest BCUT2D eigenvalue weighted by Crippen LogP contribution is 2.30. The van der Waals surface area contributed by atoms with Crippen LogP contribution in [0.3, 0.4) is 0 Å². The fraction of sp³-hybridized carbons (Fsp3) is 0.429. The number of fused-ring (bicyclic) bond motifs is 1. The summed E-state index contributed by atoms with van der Waals surface area (Å²) in [5.74, 6) is 0.790. The minimum absolute atomic E-state index is 0.283. The van der Waals surface area contributed by atoms with E-state index in [9.17, 15) is 14.6 Å². The van der Waals surface area contributed by atoms with Gasteiger partial charge < -0.3 is 20.4 Å². The van der Waals surface area contributed by atoms with Crippen molar-refractivity contribution in [1.29, 1.82) is 0 Å². The Hall–Kier alpha value is -2.55. The Morgan fingerprint density at radius 2 is 2.03 bits per heavy atom. The van der Waals surface area contributed by atoms with E-state index in [-0.39, 0.29) is 11.4 Å². The Morgan fingerprint density at radius 1 is 1.24 bits per heavy atom. The van der Waals surface area contributed by atoms with Crippen LogP contribution in [0.2, 0.25) is 0 Å². The molecule has 7 nitrogen and oxygen atoms in total. The first-order valence-corrected chi connectivity index (χ1v) is 9.93. The summed E-state index contributed by atoms with van der Waals surface area (Å²) in [5, 5.41) is 27.6. The number of anilines is 2. The van der Waals surface area contributed by atoms with Crippen molar-refractivity contribution in [2.24, 2.45) is 5.92 Å². The van der Waals surface area contributed by atoms with Gasteiger partial charge in [0.2, 0.25) is 0 Å². The monoisotopic (exact) mass is 399 g/mol. The number of hydrogen-bond donors (Lipinski definition) is 3. The summed E-state index contributed by atoms with van der Waals surface area (Å²) >= 11 is 0. The Kier molecular flexibility index (Phi) is 5.75. The highest BCUT2D eigenvalue weighted by molar-refractivity contribution is 5.92. The second-order valence-electron chi connectivity index (χ2n) is 7.73. The number of aliphatic hydroxyl groups is 2. The molecule has 4 rings (SSSR count). The molecule has 1 aliphatic heterocycles. The van der Waals surface area contributed by atoms with Gasteiger partial charge in [-0.2, -0.15) is 5.10 Å². The maximum absolute atomic E-state index is 13.9. The van der Waals surface area contributed by atoms with Crippen LogP contribution in [0.25, 0.3) is 10.9 Å². The molecule has 3 N–H and O–H groups in total. The number of likely N-dealkylation sites (tertiary alicyclic amines) is 1. The van der Waals surface area contributed by atoms with Crippen molar-refractivity contribution in [2.45, 2.75) is 32.1 Å². The molecule has 1 fully saturated rings. The second kappa shape index (κ2) is 8.44. The van der Waals surface area contributed by atoms with Gasteiger partial charge in [-0.1, -0.05) is 0 Å². The molecule has 0 spiro atoms. The highest BCUT2D eigenvalue weighted by Gasteiger charge is 2.19. The molecule has 1 aliphatic rings. The van der Waals surface area contributed by atoms with Gasteiger partial charge in [0.1, 0.15) is 5.82 Å². The standard InChI is InChI=1S/C21H26FN5O2/c1-26-9-5-14(6-10-26)7-11-27-19-3-2-15(22)12-17(19)20(25-27)24-18-13-23-8-4-16(18)21(28)29/h2-4,8,12-14,21,28-29H,5-7,9-11H2,1H3,(H,24,25). The van der Waals surface area contributed by atoms with Crippen molar-refractivity contribution in [1.82, 2.24) is 19.7 Å². The number of aliphatic hydroxyl groups excluding tert-OH is 1. The third kappa shape index (κ3) is 4.39. The maximum Gasteiger partial charge on any atom is 0.180 e. The molecular formula is C21H26FN5O2. The van der Waals surface area contributed by atoms with Crippen LogP contribution in [-0.4, -0.2) is 50.0 Å². The number of piperidine rings is 1. The zero-order valence-corrected chi connectivity index (χ0v) is 16.4. The lowest BCUT2D eigenvalue weighted by Gasteiger charge is -2.28. The molecular weight excluding hydrogens is 373 g/mol. The molecule has 1 saturated heterocycles. The summed E-state index contributed by atoms with van der Waals surface area (Å²) in [6.45, 7) is 2.99. The summed E-state index contributed by atoms with van der Waals surface area (Å²) in [7, 11) is 2.15. The molecule has 0 atom stereocenters. The summed E-state index contributed by atoms with van der Waals surface area (Å²) < 4.78 is 15.8. The zero-order valence-electron chi connectivity index (χ0n) is 16.4. The van der Waals surface area contributed by atoms with Crippen LogP contribution in [0.4, 0.5) is 15.9 Å². The molecule has 0 unspecified atom stereocenters. The van der Waals surface area contributed by atoms with E-state index in [1.807, 2.05) is 4.68 Å². The average molecular weight is 399 g/mol. The Bertz CT molecular complexity index is 982. The van der Waals surface area contributed by atoms with E-state index in [0.717, 1.165) is 31.6 Å². The largest absolute Gasteiger partial charge is 0.364 e. The van der Waals surface area contributed by atoms with Crippen molar-refractivity contribution in [3.63, 3.8) is 0 Å². The first kappa shape index (κ1) is 19.8. The van der Waals surface area contributed by atoms with Crippen molar-refractivity contribution < 1.29 is 14.6 Å². The molecule has 29 heavy (non-hydrogen) atoms. The average Bonchev–Trinajstić information content (AvgIpc) is 3.04. The summed E-state index contributed by atoms with van der Waals surface area (Å²) in [6.07, 6.45) is 4.73. The van der Waals surface area contributed by atoms with Crippen LogP contribution >= 0.6 is 0 Å². The fourth-order valence-corrected chi connectivity index (χ4v) is 3.93. The van der Waals surface area contributed by atoms with Gasteiger partial charge in [-0.3, -0.25) is 9.67 Å². The Labute approximate surface area is 168 Å². The van der Waals surface area contributed by atoms with Crippen LogP contribution in [-0.2, 0) is 6.54 Å². The molecule has 154 valence electrons. The molecule has 8 heteroatoms. The predicted octanol–water partition coefficient (Wildman–Crippen LogP) is 3.03. The molecule has 0 saturated carbocycles. The minimum Gasteiger partial charge on any atom is -0.364 e. The number of pyridine rings is 1. The van der Waals surface area contributed by atoms with Crippen LogP contribution in [0.1, 0.15) is 31.1 Å². The quantitative estimate of drug-likeness (QED) is 0.553. The van der Waals surface area contributed by atoms with Gasteiger partial charge in [0.25, 0.3) is 0 Å². The molecule has 3 aromatic rings. The predicted molar refractivity (Wildman–Crippen MR) is 109 cm³/mol. The third-order valence-electron chi connectivity index (χ3n) is 5.69. The molecule has 0 aliphatic carbocycles. The van der Waals surface area contributed by atoms with E-state index < -0.39 is 6.29 Å². The summed E-state index contributed by atoms with van der Waals surface area (Å²) in [6, 6.07) is 6.14. The smallest absolute Gasteiger partial charge is 0.180 e. The van der Waals surface area contributed by atoms with Crippen molar-refractivity contribution in [3.8, 4) is 0 Å². The first-order chi connectivity index (χ1) is 14.0. The molecule has 0 radical (unpaired) electrons. The van der Waals surface area contributed by atoms with Crippen molar-refractivity contribution in [2.75, 3.05) is 25.5 Å². The van der Waals surface area contributed by atoms with Gasteiger partial charge in [0.05, 0.1) is 17.4 Å². The van der Waals surface area contributed by atoms with Crippen molar-refractivity contribution in [3.05, 3.63) is 48.0 Å². The van der Waals surface area contributed by atoms with Crippen LogP contribution < -0.4 is 5.32 Å². The van der Waals surface area contributed by atoms with E-state index >= 15 is 0 Å². The van der Waals surface area contributed by atoms with Gasteiger partial charge in [0.15, 0.2) is 12.1 Å².